The zero-order chi connectivity index (χ0) is 10.7. The number of fused-ring (bicyclic) bond motifs is 1. The highest BCUT2D eigenvalue weighted by Crippen LogP contribution is 2.22. The van der Waals surface area contributed by atoms with Crippen molar-refractivity contribution in [2.75, 3.05) is 6.61 Å². The van der Waals surface area contributed by atoms with Crippen LogP contribution in [0.25, 0.3) is 10.8 Å². The predicted molar refractivity (Wildman–Crippen MR) is 53.2 cm³/mol. The van der Waals surface area contributed by atoms with Crippen molar-refractivity contribution in [3.63, 3.8) is 0 Å². The van der Waals surface area contributed by atoms with E-state index in [1.807, 2.05) is 24.3 Å². The lowest BCUT2D eigenvalue weighted by Gasteiger charge is -2.06. The Kier molecular flexibility index (Phi) is 2.76. The van der Waals surface area contributed by atoms with Crippen molar-refractivity contribution in [1.82, 2.24) is 4.98 Å². The molecule has 1 aromatic heterocycles. The van der Waals surface area contributed by atoms with E-state index < -0.39 is 13.0 Å². The van der Waals surface area contributed by atoms with Crippen molar-refractivity contribution in [3.8, 4) is 5.88 Å². The molecule has 0 spiro atoms. The summed E-state index contributed by atoms with van der Waals surface area (Å²) in [4.78, 5) is 3.92. The Bertz CT molecular complexity index is 454. The van der Waals surface area contributed by atoms with Gasteiger partial charge in [0, 0.05) is 11.6 Å². The second-order valence-corrected chi connectivity index (χ2v) is 3.04. The largest absolute Gasteiger partial charge is 0.471 e. The van der Waals surface area contributed by atoms with Crippen LogP contribution in [-0.4, -0.2) is 18.0 Å². The summed E-state index contributed by atoms with van der Waals surface area (Å²) in [7, 11) is 0. The number of nitrogens with zero attached hydrogens (tertiary/aromatic N) is 1. The Morgan fingerprint density at radius 3 is 2.80 bits per heavy atom. The van der Waals surface area contributed by atoms with Crippen molar-refractivity contribution in [2.45, 2.75) is 6.43 Å². The van der Waals surface area contributed by atoms with Gasteiger partial charge in [0.2, 0.25) is 5.88 Å². The predicted octanol–water partition coefficient (Wildman–Crippen LogP) is 2.88. The molecule has 0 bridgehead atoms. The summed E-state index contributed by atoms with van der Waals surface area (Å²) in [6, 6.07) is 9.18. The van der Waals surface area contributed by atoms with E-state index >= 15 is 0 Å². The van der Waals surface area contributed by atoms with Gasteiger partial charge in [-0.1, -0.05) is 18.2 Å². The van der Waals surface area contributed by atoms with E-state index in [9.17, 15) is 8.78 Å². The molecule has 4 heteroatoms. The molecule has 1 aromatic carbocycles. The SMILES string of the molecule is FC(F)COc1nccc2ccccc12. The highest BCUT2D eigenvalue weighted by Gasteiger charge is 2.07. The number of benzene rings is 1. The first-order chi connectivity index (χ1) is 7.27. The van der Waals surface area contributed by atoms with Crippen LogP contribution >= 0.6 is 0 Å². The summed E-state index contributed by atoms with van der Waals surface area (Å²) < 4.78 is 28.9. The molecule has 1 heterocycles. The van der Waals surface area contributed by atoms with Gasteiger partial charge in [0.15, 0.2) is 6.61 Å². The number of ether oxygens (including phenoxy) is 1. The summed E-state index contributed by atoms with van der Waals surface area (Å²) >= 11 is 0. The van der Waals surface area contributed by atoms with Crippen LogP contribution in [0.3, 0.4) is 0 Å². The van der Waals surface area contributed by atoms with Crippen LogP contribution < -0.4 is 4.74 Å². The summed E-state index contributed by atoms with van der Waals surface area (Å²) in [6.07, 6.45) is -0.936. The van der Waals surface area contributed by atoms with Gasteiger partial charge in [-0.05, 0) is 17.5 Å². The standard InChI is InChI=1S/C11H9F2NO/c12-10(13)7-15-11-9-4-2-1-3-8(9)5-6-14-11/h1-6,10H,7H2. The van der Waals surface area contributed by atoms with E-state index in [1.54, 1.807) is 12.3 Å². The van der Waals surface area contributed by atoms with Gasteiger partial charge in [-0.3, -0.25) is 0 Å². The number of rotatable bonds is 3. The lowest BCUT2D eigenvalue weighted by molar-refractivity contribution is 0.0804. The molecule has 78 valence electrons. The van der Waals surface area contributed by atoms with Crippen LogP contribution in [0.5, 0.6) is 5.88 Å². The molecule has 0 N–H and O–H groups in total. The normalized spacial score (nSPS) is 10.9. The highest BCUT2D eigenvalue weighted by atomic mass is 19.3. The third-order valence-electron chi connectivity index (χ3n) is 1.98. The van der Waals surface area contributed by atoms with Crippen LogP contribution in [0.1, 0.15) is 0 Å². The maximum Gasteiger partial charge on any atom is 0.272 e. The van der Waals surface area contributed by atoms with Gasteiger partial charge in [0.05, 0.1) is 0 Å². The molecule has 0 aliphatic rings. The Labute approximate surface area is 85.5 Å². The second-order valence-electron chi connectivity index (χ2n) is 3.04. The lowest BCUT2D eigenvalue weighted by atomic mass is 10.2. The summed E-state index contributed by atoms with van der Waals surface area (Å²) in [6.45, 7) is -0.624. The maximum absolute atomic E-state index is 12.0. The van der Waals surface area contributed by atoms with E-state index in [4.69, 9.17) is 4.74 Å². The zero-order valence-electron chi connectivity index (χ0n) is 7.86. The Hall–Kier alpha value is -1.71. The molecule has 2 nitrogen and oxygen atoms in total. The number of halogens is 2. The average Bonchev–Trinajstić information content (AvgIpc) is 2.26. The zero-order valence-corrected chi connectivity index (χ0v) is 7.86. The van der Waals surface area contributed by atoms with Gasteiger partial charge in [-0.15, -0.1) is 0 Å². The number of alkyl halides is 2. The summed E-state index contributed by atoms with van der Waals surface area (Å²) in [5, 5.41) is 1.68. The van der Waals surface area contributed by atoms with Crippen molar-refractivity contribution < 1.29 is 13.5 Å². The third kappa shape index (κ3) is 2.21. The molecule has 0 amide bonds. The molecule has 15 heavy (non-hydrogen) atoms. The fraction of sp³-hybridized carbons (Fsp3) is 0.182. The minimum atomic E-state index is -2.48. The smallest absolute Gasteiger partial charge is 0.272 e. The highest BCUT2D eigenvalue weighted by molar-refractivity contribution is 5.86. The van der Waals surface area contributed by atoms with Crippen LogP contribution in [0, 0.1) is 0 Å². The maximum atomic E-state index is 12.0. The quantitative estimate of drug-likeness (QED) is 0.775. The topological polar surface area (TPSA) is 22.1 Å². The van der Waals surface area contributed by atoms with Gasteiger partial charge >= 0.3 is 0 Å². The van der Waals surface area contributed by atoms with Crippen molar-refractivity contribution in [3.05, 3.63) is 36.5 Å². The van der Waals surface area contributed by atoms with Gasteiger partial charge in [-0.2, -0.15) is 0 Å². The minimum absolute atomic E-state index is 0.258. The summed E-state index contributed by atoms with van der Waals surface area (Å²) in [5.41, 5.74) is 0. The molecule has 0 radical (unpaired) electrons. The molecule has 2 rings (SSSR count). The molecule has 0 fully saturated rings. The number of hydrogen-bond acceptors (Lipinski definition) is 2. The van der Waals surface area contributed by atoms with Crippen LogP contribution in [-0.2, 0) is 0 Å². The monoisotopic (exact) mass is 209 g/mol. The fourth-order valence-corrected chi connectivity index (χ4v) is 1.35. The first kappa shape index (κ1) is 9.83. The number of aromatic nitrogens is 1. The van der Waals surface area contributed by atoms with Crippen LogP contribution in [0.2, 0.25) is 0 Å². The van der Waals surface area contributed by atoms with Gasteiger partial charge in [0.25, 0.3) is 6.43 Å². The van der Waals surface area contributed by atoms with Crippen LogP contribution in [0.15, 0.2) is 36.5 Å². The minimum Gasteiger partial charge on any atom is -0.471 e. The van der Waals surface area contributed by atoms with Gasteiger partial charge < -0.3 is 4.74 Å². The molecule has 0 saturated carbocycles. The van der Waals surface area contributed by atoms with E-state index in [2.05, 4.69) is 4.98 Å². The first-order valence-electron chi connectivity index (χ1n) is 4.52. The van der Waals surface area contributed by atoms with Crippen molar-refractivity contribution >= 4 is 10.8 Å². The Balaban J connectivity index is 2.34. The molecule has 0 saturated heterocycles. The summed E-state index contributed by atoms with van der Waals surface area (Å²) in [5.74, 6) is 0.258. The van der Waals surface area contributed by atoms with Gasteiger partial charge in [0.1, 0.15) is 0 Å². The Morgan fingerprint density at radius 2 is 2.00 bits per heavy atom. The van der Waals surface area contributed by atoms with Crippen molar-refractivity contribution in [1.29, 1.82) is 0 Å². The molecule has 2 aromatic rings. The van der Waals surface area contributed by atoms with Gasteiger partial charge in [-0.25, -0.2) is 13.8 Å². The molecular weight excluding hydrogens is 200 g/mol. The second kappa shape index (κ2) is 4.21. The number of pyridine rings is 1. The van der Waals surface area contributed by atoms with E-state index in [-0.39, 0.29) is 5.88 Å². The Morgan fingerprint density at radius 1 is 1.20 bits per heavy atom. The van der Waals surface area contributed by atoms with Crippen LogP contribution in [0.4, 0.5) is 8.78 Å². The van der Waals surface area contributed by atoms with Crippen molar-refractivity contribution in [2.24, 2.45) is 0 Å². The molecule has 0 aliphatic carbocycles. The number of hydrogen-bond donors (Lipinski definition) is 0. The molecule has 0 unspecified atom stereocenters. The third-order valence-corrected chi connectivity index (χ3v) is 1.98. The first-order valence-corrected chi connectivity index (χ1v) is 4.52. The fourth-order valence-electron chi connectivity index (χ4n) is 1.35. The average molecular weight is 209 g/mol. The molecule has 0 aliphatic heterocycles. The molecule has 0 atom stereocenters. The molecular formula is C11H9F2NO. The van der Waals surface area contributed by atoms with E-state index in [0.717, 1.165) is 10.8 Å². The lowest BCUT2D eigenvalue weighted by Crippen LogP contribution is -2.08. The van der Waals surface area contributed by atoms with E-state index in [0.29, 0.717) is 0 Å². The van der Waals surface area contributed by atoms with E-state index in [1.165, 1.54) is 0 Å².